The molecule has 0 aliphatic rings. The van der Waals surface area contributed by atoms with E-state index in [2.05, 4.69) is 15.0 Å². The number of thiazole rings is 1. The van der Waals surface area contributed by atoms with Gasteiger partial charge in [-0.15, -0.1) is 11.3 Å². The van der Waals surface area contributed by atoms with Crippen molar-refractivity contribution in [1.29, 1.82) is 0 Å². The van der Waals surface area contributed by atoms with Gasteiger partial charge >= 0.3 is 5.97 Å². The molecule has 0 atom stereocenters. The van der Waals surface area contributed by atoms with Crippen LogP contribution >= 0.6 is 22.9 Å². The largest absolute Gasteiger partial charge is 0.331 e. The molecular formula is C8H6ClN3O2S. The van der Waals surface area contributed by atoms with Crippen LogP contribution in [0.3, 0.4) is 0 Å². The molecular weight excluding hydrogens is 238 g/mol. The van der Waals surface area contributed by atoms with Crippen LogP contribution in [0.2, 0.25) is 5.15 Å². The van der Waals surface area contributed by atoms with E-state index in [0.29, 0.717) is 10.8 Å². The second-order valence-corrected chi connectivity index (χ2v) is 3.89. The minimum atomic E-state index is -0.478. The third kappa shape index (κ3) is 2.00. The molecule has 2 rings (SSSR count). The van der Waals surface area contributed by atoms with Crippen molar-refractivity contribution in [3.05, 3.63) is 22.4 Å². The first-order chi connectivity index (χ1) is 7.18. The van der Waals surface area contributed by atoms with Gasteiger partial charge < -0.3 is 4.84 Å². The summed E-state index contributed by atoms with van der Waals surface area (Å²) in [7, 11) is 0. The molecule has 2 aromatic heterocycles. The summed E-state index contributed by atoms with van der Waals surface area (Å²) in [5.41, 5.74) is 0.592. The average molecular weight is 244 g/mol. The fourth-order valence-corrected chi connectivity index (χ4v) is 2.03. The Bertz CT molecular complexity index is 531. The van der Waals surface area contributed by atoms with E-state index in [1.807, 2.05) is 11.6 Å². The molecule has 0 saturated heterocycles. The first-order valence-electron chi connectivity index (χ1n) is 4.00. The first kappa shape index (κ1) is 10.1. The van der Waals surface area contributed by atoms with Crippen LogP contribution in [0.5, 0.6) is 0 Å². The lowest BCUT2D eigenvalue weighted by Crippen LogP contribution is -1.94. The number of carbonyl (C=O) groups excluding carboxylic acids is 1. The number of hydrogen-bond donors (Lipinski definition) is 0. The standard InChI is InChI=1S/C8H6ClN3O2S/c1-5(13)14-10-4-6-7(9)11-8-12(6)2-3-15-8/h2-4H,1H3/b10-4+. The molecule has 5 nitrogen and oxygen atoms in total. The third-order valence-electron chi connectivity index (χ3n) is 1.61. The molecule has 0 saturated carbocycles. The molecule has 15 heavy (non-hydrogen) atoms. The van der Waals surface area contributed by atoms with Gasteiger partial charge in [-0.2, -0.15) is 0 Å². The van der Waals surface area contributed by atoms with Gasteiger partial charge in [0.2, 0.25) is 0 Å². The molecule has 2 heterocycles. The van der Waals surface area contributed by atoms with Crippen molar-refractivity contribution >= 4 is 40.1 Å². The number of fused-ring (bicyclic) bond motifs is 1. The van der Waals surface area contributed by atoms with Gasteiger partial charge in [0.15, 0.2) is 10.1 Å². The van der Waals surface area contributed by atoms with Crippen LogP contribution in [0.15, 0.2) is 16.7 Å². The van der Waals surface area contributed by atoms with E-state index >= 15 is 0 Å². The van der Waals surface area contributed by atoms with Crippen molar-refractivity contribution in [2.75, 3.05) is 0 Å². The minimum Gasteiger partial charge on any atom is -0.319 e. The van der Waals surface area contributed by atoms with Crippen molar-refractivity contribution < 1.29 is 9.63 Å². The van der Waals surface area contributed by atoms with E-state index in [9.17, 15) is 4.79 Å². The number of hydrogen-bond acceptors (Lipinski definition) is 5. The normalized spacial score (nSPS) is 11.3. The Morgan fingerprint density at radius 2 is 2.60 bits per heavy atom. The Morgan fingerprint density at radius 1 is 1.80 bits per heavy atom. The molecule has 0 aliphatic heterocycles. The second-order valence-electron chi connectivity index (χ2n) is 2.66. The lowest BCUT2D eigenvalue weighted by molar-refractivity contribution is -0.140. The highest BCUT2D eigenvalue weighted by molar-refractivity contribution is 7.15. The van der Waals surface area contributed by atoms with Crippen LogP contribution in [-0.2, 0) is 9.63 Å². The maximum atomic E-state index is 10.5. The molecule has 0 N–H and O–H groups in total. The molecule has 0 fully saturated rings. The summed E-state index contributed by atoms with van der Waals surface area (Å²) in [5, 5.41) is 5.70. The van der Waals surface area contributed by atoms with Gasteiger partial charge in [0, 0.05) is 18.5 Å². The highest BCUT2D eigenvalue weighted by atomic mass is 35.5. The lowest BCUT2D eigenvalue weighted by Gasteiger charge is -1.90. The summed E-state index contributed by atoms with van der Waals surface area (Å²) in [5.74, 6) is -0.478. The van der Waals surface area contributed by atoms with Crippen LogP contribution in [-0.4, -0.2) is 21.6 Å². The van der Waals surface area contributed by atoms with Crippen LogP contribution in [0.1, 0.15) is 12.6 Å². The van der Waals surface area contributed by atoms with E-state index in [1.54, 1.807) is 4.40 Å². The topological polar surface area (TPSA) is 56.0 Å². The number of aromatic nitrogens is 2. The predicted molar refractivity (Wildman–Crippen MR) is 57.4 cm³/mol. The molecule has 0 aromatic carbocycles. The van der Waals surface area contributed by atoms with Gasteiger partial charge in [-0.25, -0.2) is 9.78 Å². The highest BCUT2D eigenvalue weighted by Crippen LogP contribution is 2.19. The summed E-state index contributed by atoms with van der Waals surface area (Å²) in [6, 6.07) is 0. The first-order valence-corrected chi connectivity index (χ1v) is 5.26. The van der Waals surface area contributed by atoms with E-state index in [1.165, 1.54) is 24.5 Å². The Hall–Kier alpha value is -1.40. The molecule has 78 valence electrons. The quantitative estimate of drug-likeness (QED) is 0.460. The highest BCUT2D eigenvalue weighted by Gasteiger charge is 2.08. The number of carbonyl (C=O) groups is 1. The van der Waals surface area contributed by atoms with Crippen molar-refractivity contribution in [1.82, 2.24) is 9.38 Å². The Balaban J connectivity index is 2.33. The molecule has 0 unspecified atom stereocenters. The van der Waals surface area contributed by atoms with Gasteiger partial charge in [-0.3, -0.25) is 4.40 Å². The smallest absolute Gasteiger partial charge is 0.319 e. The van der Waals surface area contributed by atoms with Crippen LogP contribution < -0.4 is 0 Å². The zero-order valence-corrected chi connectivity index (χ0v) is 9.25. The maximum Gasteiger partial charge on any atom is 0.331 e. The summed E-state index contributed by atoms with van der Waals surface area (Å²) < 4.78 is 1.76. The maximum absolute atomic E-state index is 10.5. The van der Waals surface area contributed by atoms with E-state index < -0.39 is 5.97 Å². The van der Waals surface area contributed by atoms with Crippen LogP contribution in [0.4, 0.5) is 0 Å². The second kappa shape index (κ2) is 4.00. The van der Waals surface area contributed by atoms with Gasteiger partial charge in [-0.05, 0) is 0 Å². The summed E-state index contributed by atoms with van der Waals surface area (Å²) >= 11 is 7.33. The van der Waals surface area contributed by atoms with Crippen molar-refractivity contribution in [3.8, 4) is 0 Å². The minimum absolute atomic E-state index is 0.331. The van der Waals surface area contributed by atoms with E-state index in [0.717, 1.165) is 4.96 Å². The van der Waals surface area contributed by atoms with Crippen LogP contribution in [0, 0.1) is 0 Å². The number of nitrogens with zero attached hydrogens (tertiary/aromatic N) is 3. The van der Waals surface area contributed by atoms with Gasteiger partial charge in [0.05, 0.1) is 6.21 Å². The molecule has 0 radical (unpaired) electrons. The Labute approximate surface area is 93.9 Å². The fourth-order valence-electron chi connectivity index (χ4n) is 1.04. The Kier molecular flexibility index (Phi) is 2.70. The van der Waals surface area contributed by atoms with Crippen molar-refractivity contribution in [2.24, 2.45) is 5.16 Å². The molecule has 2 aromatic rings. The average Bonchev–Trinajstić information content (AvgIpc) is 2.68. The van der Waals surface area contributed by atoms with Gasteiger partial charge in [-0.1, -0.05) is 16.8 Å². The molecule has 7 heteroatoms. The molecule has 0 bridgehead atoms. The number of halogens is 1. The number of imidazole rings is 1. The molecule has 0 spiro atoms. The lowest BCUT2D eigenvalue weighted by atomic mass is 10.5. The third-order valence-corrected chi connectivity index (χ3v) is 2.65. The van der Waals surface area contributed by atoms with Crippen molar-refractivity contribution in [2.45, 2.75) is 6.92 Å². The monoisotopic (exact) mass is 243 g/mol. The summed E-state index contributed by atoms with van der Waals surface area (Å²) in [4.78, 5) is 19.8. The number of oxime groups is 1. The van der Waals surface area contributed by atoms with E-state index in [4.69, 9.17) is 11.6 Å². The van der Waals surface area contributed by atoms with Gasteiger partial charge in [0.1, 0.15) is 5.69 Å². The fraction of sp³-hybridized carbons (Fsp3) is 0.125. The predicted octanol–water partition coefficient (Wildman–Crippen LogP) is 1.95. The van der Waals surface area contributed by atoms with Crippen molar-refractivity contribution in [3.63, 3.8) is 0 Å². The van der Waals surface area contributed by atoms with E-state index in [-0.39, 0.29) is 0 Å². The zero-order valence-electron chi connectivity index (χ0n) is 7.68. The Morgan fingerprint density at radius 3 is 3.33 bits per heavy atom. The molecule has 0 aliphatic carbocycles. The SMILES string of the molecule is CC(=O)O/N=C/c1c(Cl)nc2sccn12. The molecule has 0 amide bonds. The van der Waals surface area contributed by atoms with Gasteiger partial charge in [0.25, 0.3) is 0 Å². The summed E-state index contributed by atoms with van der Waals surface area (Å²) in [6.45, 7) is 1.27. The summed E-state index contributed by atoms with van der Waals surface area (Å²) in [6.07, 6.45) is 3.17. The number of rotatable bonds is 2. The van der Waals surface area contributed by atoms with Crippen LogP contribution in [0.25, 0.3) is 4.96 Å². The zero-order chi connectivity index (χ0) is 10.8.